The molecule has 1 aromatic carbocycles. The van der Waals surface area contributed by atoms with Gasteiger partial charge in [-0.15, -0.1) is 5.10 Å². The van der Waals surface area contributed by atoms with Gasteiger partial charge in [-0.2, -0.15) is 5.10 Å². The Morgan fingerprint density at radius 3 is 2.88 bits per heavy atom. The zero-order valence-corrected chi connectivity index (χ0v) is 13.5. The average Bonchev–Trinajstić information content (AvgIpc) is 3.37. The lowest BCUT2D eigenvalue weighted by Crippen LogP contribution is -2.38. The second kappa shape index (κ2) is 6.46. The van der Waals surface area contributed by atoms with Gasteiger partial charge in [0, 0.05) is 18.9 Å². The minimum atomic E-state index is -0.321. The lowest BCUT2D eigenvalue weighted by molar-refractivity contribution is 0.0715. The van der Waals surface area contributed by atoms with Gasteiger partial charge in [-0.25, -0.2) is 9.07 Å². The summed E-state index contributed by atoms with van der Waals surface area (Å²) in [6, 6.07) is 7.85. The molecule has 7 nitrogen and oxygen atoms in total. The maximum Gasteiger partial charge on any atom is 0.276 e. The van der Waals surface area contributed by atoms with Crippen molar-refractivity contribution in [3.05, 3.63) is 60.4 Å². The number of hydrogen-bond donors (Lipinski definition) is 0. The third-order valence-corrected chi connectivity index (χ3v) is 4.40. The quantitative estimate of drug-likeness (QED) is 0.727. The third kappa shape index (κ3) is 3.15. The highest BCUT2D eigenvalue weighted by molar-refractivity contribution is 5.92. The normalized spacial score (nSPS) is 17.2. The molecule has 0 radical (unpaired) electrons. The highest BCUT2D eigenvalue weighted by Crippen LogP contribution is 2.21. The second-order valence-corrected chi connectivity index (χ2v) is 6.05. The molecule has 0 bridgehead atoms. The van der Waals surface area contributed by atoms with E-state index in [-0.39, 0.29) is 23.5 Å². The first-order chi connectivity index (χ1) is 12.2. The number of rotatable bonds is 4. The summed E-state index contributed by atoms with van der Waals surface area (Å²) >= 11 is 0. The van der Waals surface area contributed by atoms with Crippen LogP contribution in [0.25, 0.3) is 5.69 Å². The number of carbonyl (C=O) groups is 1. The van der Waals surface area contributed by atoms with Crippen LogP contribution in [0, 0.1) is 5.82 Å². The molecule has 1 atom stereocenters. The Kier molecular flexibility index (Phi) is 4.01. The second-order valence-electron chi connectivity index (χ2n) is 6.05. The fourth-order valence-electron chi connectivity index (χ4n) is 3.15. The Morgan fingerprint density at radius 1 is 1.28 bits per heavy atom. The molecule has 1 fully saturated rings. The van der Waals surface area contributed by atoms with Crippen LogP contribution in [-0.4, -0.2) is 48.2 Å². The number of hydrogen-bond acceptors (Lipinski definition) is 4. The lowest BCUT2D eigenvalue weighted by atomic mass is 10.2. The maximum absolute atomic E-state index is 13.0. The number of nitrogens with zero attached hydrogens (tertiary/aromatic N) is 6. The Morgan fingerprint density at radius 2 is 2.12 bits per heavy atom. The molecule has 0 aliphatic carbocycles. The Hall–Kier alpha value is -3.03. The largest absolute Gasteiger partial charge is 0.332 e. The van der Waals surface area contributed by atoms with Crippen molar-refractivity contribution in [2.45, 2.75) is 25.4 Å². The zero-order chi connectivity index (χ0) is 17.2. The Bertz CT molecular complexity index is 858. The summed E-state index contributed by atoms with van der Waals surface area (Å²) < 4.78 is 16.3. The summed E-state index contributed by atoms with van der Waals surface area (Å²) in [5.41, 5.74) is 0.944. The molecular formula is C17H17FN6O. The predicted molar refractivity (Wildman–Crippen MR) is 87.6 cm³/mol. The highest BCUT2D eigenvalue weighted by Gasteiger charge is 2.31. The minimum absolute atomic E-state index is 0.100. The molecule has 25 heavy (non-hydrogen) atoms. The molecule has 1 aliphatic rings. The summed E-state index contributed by atoms with van der Waals surface area (Å²) in [7, 11) is 0. The number of likely N-dealkylation sites (tertiary alicyclic amines) is 1. The molecule has 0 spiro atoms. The molecule has 3 aromatic rings. The van der Waals surface area contributed by atoms with E-state index in [2.05, 4.69) is 15.4 Å². The Balaban J connectivity index is 1.51. The van der Waals surface area contributed by atoms with E-state index in [1.54, 1.807) is 24.5 Å². The van der Waals surface area contributed by atoms with Gasteiger partial charge in [-0.3, -0.25) is 9.48 Å². The van der Waals surface area contributed by atoms with Crippen molar-refractivity contribution in [3.8, 4) is 5.69 Å². The SMILES string of the molecule is O=C(c1cn(-c2ccc(F)cc2)nn1)N1CCCC1Cn1cccn1. The molecular weight excluding hydrogens is 323 g/mol. The van der Waals surface area contributed by atoms with Gasteiger partial charge in [0.25, 0.3) is 5.91 Å². The lowest BCUT2D eigenvalue weighted by Gasteiger charge is -2.23. The van der Waals surface area contributed by atoms with Crippen molar-refractivity contribution < 1.29 is 9.18 Å². The summed E-state index contributed by atoms with van der Waals surface area (Å²) in [6.07, 6.45) is 7.11. The van der Waals surface area contributed by atoms with Crippen molar-refractivity contribution >= 4 is 5.91 Å². The number of carbonyl (C=O) groups excluding carboxylic acids is 1. The standard InChI is InChI=1S/C17H17FN6O/c18-13-4-6-14(7-5-13)24-12-16(20-21-24)17(25)23-10-1-3-15(23)11-22-9-2-8-19-22/h2,4-9,12,15H,1,3,10-11H2. The molecule has 1 amide bonds. The first-order valence-corrected chi connectivity index (χ1v) is 8.17. The van der Waals surface area contributed by atoms with Crippen LogP contribution in [0.4, 0.5) is 4.39 Å². The van der Waals surface area contributed by atoms with Gasteiger partial charge in [-0.05, 0) is 43.2 Å². The van der Waals surface area contributed by atoms with E-state index >= 15 is 0 Å². The first kappa shape index (κ1) is 15.5. The van der Waals surface area contributed by atoms with Gasteiger partial charge in [0.05, 0.1) is 24.5 Å². The predicted octanol–water partition coefficient (Wildman–Crippen LogP) is 1.91. The van der Waals surface area contributed by atoms with Crippen molar-refractivity contribution in [1.29, 1.82) is 0 Å². The fraction of sp³-hybridized carbons (Fsp3) is 0.294. The van der Waals surface area contributed by atoms with E-state index in [4.69, 9.17) is 0 Å². The van der Waals surface area contributed by atoms with E-state index in [1.165, 1.54) is 16.8 Å². The third-order valence-electron chi connectivity index (χ3n) is 4.40. The van der Waals surface area contributed by atoms with Crippen LogP contribution in [0.3, 0.4) is 0 Å². The summed E-state index contributed by atoms with van der Waals surface area (Å²) in [5, 5.41) is 12.2. The van der Waals surface area contributed by atoms with Crippen LogP contribution in [0.2, 0.25) is 0 Å². The van der Waals surface area contributed by atoms with Crippen LogP contribution in [-0.2, 0) is 6.54 Å². The molecule has 4 rings (SSSR count). The van der Waals surface area contributed by atoms with Gasteiger partial charge in [0.15, 0.2) is 5.69 Å². The van der Waals surface area contributed by atoms with Gasteiger partial charge in [0.1, 0.15) is 5.82 Å². The van der Waals surface area contributed by atoms with Crippen molar-refractivity contribution in [2.75, 3.05) is 6.54 Å². The van der Waals surface area contributed by atoms with Crippen LogP contribution < -0.4 is 0 Å². The first-order valence-electron chi connectivity index (χ1n) is 8.17. The van der Waals surface area contributed by atoms with Crippen molar-refractivity contribution in [3.63, 3.8) is 0 Å². The Labute approximate surface area is 143 Å². The summed E-state index contributed by atoms with van der Waals surface area (Å²) in [6.45, 7) is 1.37. The molecule has 1 aliphatic heterocycles. The molecule has 2 aromatic heterocycles. The number of halogens is 1. The molecule has 0 N–H and O–H groups in total. The van der Waals surface area contributed by atoms with E-state index < -0.39 is 0 Å². The van der Waals surface area contributed by atoms with Crippen LogP contribution in [0.15, 0.2) is 48.9 Å². The maximum atomic E-state index is 13.0. The molecule has 0 saturated carbocycles. The minimum Gasteiger partial charge on any atom is -0.332 e. The van der Waals surface area contributed by atoms with Gasteiger partial charge in [-0.1, -0.05) is 5.21 Å². The molecule has 128 valence electrons. The number of benzene rings is 1. The highest BCUT2D eigenvalue weighted by atomic mass is 19.1. The topological polar surface area (TPSA) is 68.8 Å². The smallest absolute Gasteiger partial charge is 0.276 e. The van der Waals surface area contributed by atoms with Crippen molar-refractivity contribution in [2.24, 2.45) is 0 Å². The van der Waals surface area contributed by atoms with Crippen LogP contribution >= 0.6 is 0 Å². The summed E-state index contributed by atoms with van der Waals surface area (Å²) in [4.78, 5) is 14.6. The van der Waals surface area contributed by atoms with E-state index in [0.717, 1.165) is 12.8 Å². The molecule has 3 heterocycles. The van der Waals surface area contributed by atoms with Gasteiger partial charge in [0.2, 0.25) is 0 Å². The van der Waals surface area contributed by atoms with Crippen LogP contribution in [0.1, 0.15) is 23.3 Å². The van der Waals surface area contributed by atoms with Crippen molar-refractivity contribution in [1.82, 2.24) is 29.7 Å². The zero-order valence-electron chi connectivity index (χ0n) is 13.5. The molecule has 8 heteroatoms. The molecule has 1 saturated heterocycles. The average molecular weight is 340 g/mol. The summed E-state index contributed by atoms with van der Waals surface area (Å²) in [5.74, 6) is -0.457. The van der Waals surface area contributed by atoms with Gasteiger partial charge < -0.3 is 4.90 Å². The monoisotopic (exact) mass is 340 g/mol. The number of aromatic nitrogens is 5. The number of amides is 1. The fourth-order valence-corrected chi connectivity index (χ4v) is 3.15. The van der Waals surface area contributed by atoms with Gasteiger partial charge >= 0.3 is 0 Å². The molecule has 1 unspecified atom stereocenters. The van der Waals surface area contributed by atoms with Crippen LogP contribution in [0.5, 0.6) is 0 Å². The van der Waals surface area contributed by atoms with E-state index in [0.29, 0.717) is 18.8 Å². The van der Waals surface area contributed by atoms with E-state index in [1.807, 2.05) is 21.8 Å². The van der Waals surface area contributed by atoms with E-state index in [9.17, 15) is 9.18 Å².